The lowest BCUT2D eigenvalue weighted by atomic mass is 10.2. The Morgan fingerprint density at radius 1 is 1.38 bits per heavy atom. The Morgan fingerprint density at radius 2 is 2.19 bits per heavy atom. The SMILES string of the molecule is COc1cnc(-c2cccc(Cl)c2)nc1N. The highest BCUT2D eigenvalue weighted by Gasteiger charge is 2.06. The van der Waals surface area contributed by atoms with Crippen molar-refractivity contribution in [2.75, 3.05) is 12.8 Å². The molecular formula is C11H10ClN3O. The third-order valence-electron chi connectivity index (χ3n) is 2.09. The second kappa shape index (κ2) is 4.37. The second-order valence-electron chi connectivity index (χ2n) is 3.16. The number of rotatable bonds is 2. The molecular weight excluding hydrogens is 226 g/mol. The predicted octanol–water partition coefficient (Wildman–Crippen LogP) is 2.39. The van der Waals surface area contributed by atoms with E-state index in [2.05, 4.69) is 9.97 Å². The van der Waals surface area contributed by atoms with Gasteiger partial charge in [-0.05, 0) is 12.1 Å². The molecule has 0 spiro atoms. The summed E-state index contributed by atoms with van der Waals surface area (Å²) in [6.45, 7) is 0. The van der Waals surface area contributed by atoms with E-state index in [9.17, 15) is 0 Å². The van der Waals surface area contributed by atoms with E-state index in [0.29, 0.717) is 22.4 Å². The van der Waals surface area contributed by atoms with Crippen LogP contribution < -0.4 is 10.5 Å². The maximum absolute atomic E-state index is 5.88. The Kier molecular flexibility index (Phi) is 2.92. The number of halogens is 1. The molecule has 2 aromatic rings. The van der Waals surface area contributed by atoms with Gasteiger partial charge >= 0.3 is 0 Å². The summed E-state index contributed by atoms with van der Waals surface area (Å²) in [7, 11) is 1.52. The minimum atomic E-state index is 0.312. The lowest BCUT2D eigenvalue weighted by Crippen LogP contribution is -1.99. The Bertz CT molecular complexity index is 516. The lowest BCUT2D eigenvalue weighted by Gasteiger charge is -2.05. The van der Waals surface area contributed by atoms with Gasteiger partial charge in [-0.25, -0.2) is 9.97 Å². The molecule has 4 nitrogen and oxygen atoms in total. The maximum Gasteiger partial charge on any atom is 0.179 e. The smallest absolute Gasteiger partial charge is 0.179 e. The van der Waals surface area contributed by atoms with Crippen molar-refractivity contribution in [3.63, 3.8) is 0 Å². The van der Waals surface area contributed by atoms with E-state index in [1.165, 1.54) is 7.11 Å². The summed E-state index contributed by atoms with van der Waals surface area (Å²) in [6, 6.07) is 7.27. The Morgan fingerprint density at radius 3 is 2.81 bits per heavy atom. The number of ether oxygens (including phenoxy) is 1. The molecule has 0 aliphatic rings. The Balaban J connectivity index is 2.45. The number of nitrogens with zero attached hydrogens (tertiary/aromatic N) is 2. The Labute approximate surface area is 98.0 Å². The van der Waals surface area contributed by atoms with Crippen LogP contribution in [-0.4, -0.2) is 17.1 Å². The summed E-state index contributed by atoms with van der Waals surface area (Å²) in [5.41, 5.74) is 6.52. The van der Waals surface area contributed by atoms with Crippen LogP contribution in [0, 0.1) is 0 Å². The van der Waals surface area contributed by atoms with Crippen molar-refractivity contribution in [1.29, 1.82) is 0 Å². The third kappa shape index (κ3) is 2.06. The molecule has 2 rings (SSSR count). The van der Waals surface area contributed by atoms with Gasteiger partial charge in [-0.2, -0.15) is 0 Å². The highest BCUT2D eigenvalue weighted by Crippen LogP contribution is 2.23. The van der Waals surface area contributed by atoms with Gasteiger partial charge in [0.25, 0.3) is 0 Å². The summed E-state index contributed by atoms with van der Waals surface area (Å²) in [5.74, 6) is 1.30. The summed E-state index contributed by atoms with van der Waals surface area (Å²) in [5, 5.41) is 0.635. The maximum atomic E-state index is 5.88. The second-order valence-corrected chi connectivity index (χ2v) is 3.59. The molecule has 0 amide bonds. The topological polar surface area (TPSA) is 61.0 Å². The molecule has 0 saturated heterocycles. The lowest BCUT2D eigenvalue weighted by molar-refractivity contribution is 0.413. The summed E-state index contributed by atoms with van der Waals surface area (Å²) in [6.07, 6.45) is 1.54. The molecule has 1 aromatic heterocycles. The summed E-state index contributed by atoms with van der Waals surface area (Å²) in [4.78, 5) is 8.29. The van der Waals surface area contributed by atoms with Crippen LogP contribution >= 0.6 is 11.6 Å². The van der Waals surface area contributed by atoms with Crippen LogP contribution in [0.4, 0.5) is 5.82 Å². The van der Waals surface area contributed by atoms with Gasteiger partial charge in [0.1, 0.15) is 0 Å². The number of nitrogen functional groups attached to an aromatic ring is 1. The monoisotopic (exact) mass is 235 g/mol. The standard InChI is InChI=1S/C11H10ClN3O/c1-16-9-6-14-11(15-10(9)13)7-3-2-4-8(12)5-7/h2-6H,1H3,(H2,13,14,15). The van der Waals surface area contributed by atoms with Crippen molar-refractivity contribution in [3.8, 4) is 17.1 Å². The van der Waals surface area contributed by atoms with Gasteiger partial charge in [-0.1, -0.05) is 23.7 Å². The minimum absolute atomic E-state index is 0.312. The average Bonchev–Trinajstić information content (AvgIpc) is 2.29. The summed E-state index contributed by atoms with van der Waals surface area (Å²) < 4.78 is 4.98. The molecule has 0 saturated carbocycles. The highest BCUT2D eigenvalue weighted by molar-refractivity contribution is 6.30. The molecule has 1 aromatic carbocycles. The fourth-order valence-corrected chi connectivity index (χ4v) is 1.50. The fourth-order valence-electron chi connectivity index (χ4n) is 1.31. The van der Waals surface area contributed by atoms with Gasteiger partial charge in [0.2, 0.25) is 0 Å². The zero-order valence-electron chi connectivity index (χ0n) is 8.64. The van der Waals surface area contributed by atoms with Crippen LogP contribution in [-0.2, 0) is 0 Å². The van der Waals surface area contributed by atoms with Crippen LogP contribution in [0.1, 0.15) is 0 Å². The van der Waals surface area contributed by atoms with Crippen LogP contribution in [0.15, 0.2) is 30.5 Å². The van der Waals surface area contributed by atoms with Crippen LogP contribution in [0.25, 0.3) is 11.4 Å². The molecule has 0 fully saturated rings. The molecule has 2 N–H and O–H groups in total. The molecule has 0 aliphatic carbocycles. The van der Waals surface area contributed by atoms with E-state index in [0.717, 1.165) is 5.56 Å². The average molecular weight is 236 g/mol. The number of hydrogen-bond acceptors (Lipinski definition) is 4. The number of anilines is 1. The number of aromatic nitrogens is 2. The van der Waals surface area contributed by atoms with Gasteiger partial charge in [-0.15, -0.1) is 0 Å². The third-order valence-corrected chi connectivity index (χ3v) is 2.32. The van der Waals surface area contributed by atoms with Crippen LogP contribution in [0.5, 0.6) is 5.75 Å². The minimum Gasteiger partial charge on any atom is -0.491 e. The van der Waals surface area contributed by atoms with Crippen molar-refractivity contribution >= 4 is 17.4 Å². The van der Waals surface area contributed by atoms with Gasteiger partial charge in [0.05, 0.1) is 13.3 Å². The van der Waals surface area contributed by atoms with Crippen molar-refractivity contribution in [1.82, 2.24) is 9.97 Å². The van der Waals surface area contributed by atoms with E-state index >= 15 is 0 Å². The van der Waals surface area contributed by atoms with Crippen molar-refractivity contribution in [3.05, 3.63) is 35.5 Å². The molecule has 1 heterocycles. The fraction of sp³-hybridized carbons (Fsp3) is 0.0909. The first-order valence-electron chi connectivity index (χ1n) is 4.63. The quantitative estimate of drug-likeness (QED) is 0.868. The molecule has 0 radical (unpaired) electrons. The van der Waals surface area contributed by atoms with Crippen molar-refractivity contribution in [2.24, 2.45) is 0 Å². The summed E-state index contributed by atoms with van der Waals surface area (Å²) >= 11 is 5.88. The predicted molar refractivity (Wildman–Crippen MR) is 63.4 cm³/mol. The Hall–Kier alpha value is -1.81. The van der Waals surface area contributed by atoms with E-state index in [1.807, 2.05) is 12.1 Å². The van der Waals surface area contributed by atoms with Gasteiger partial charge in [0.15, 0.2) is 17.4 Å². The molecule has 82 valence electrons. The molecule has 16 heavy (non-hydrogen) atoms. The molecule has 0 atom stereocenters. The van der Waals surface area contributed by atoms with Crippen molar-refractivity contribution in [2.45, 2.75) is 0 Å². The van der Waals surface area contributed by atoms with Crippen LogP contribution in [0.3, 0.4) is 0 Å². The first-order chi connectivity index (χ1) is 7.70. The van der Waals surface area contributed by atoms with E-state index in [-0.39, 0.29) is 0 Å². The molecule has 5 heteroatoms. The van der Waals surface area contributed by atoms with E-state index in [4.69, 9.17) is 22.1 Å². The zero-order valence-corrected chi connectivity index (χ0v) is 9.40. The number of methoxy groups -OCH3 is 1. The van der Waals surface area contributed by atoms with Gasteiger partial charge in [-0.3, -0.25) is 0 Å². The normalized spacial score (nSPS) is 10.1. The number of nitrogens with two attached hydrogens (primary N) is 1. The van der Waals surface area contributed by atoms with E-state index in [1.54, 1.807) is 18.3 Å². The first-order valence-corrected chi connectivity index (χ1v) is 5.01. The van der Waals surface area contributed by atoms with E-state index < -0.39 is 0 Å². The van der Waals surface area contributed by atoms with Crippen LogP contribution in [0.2, 0.25) is 5.02 Å². The largest absolute Gasteiger partial charge is 0.491 e. The first kappa shape index (κ1) is 10.7. The highest BCUT2D eigenvalue weighted by atomic mass is 35.5. The number of benzene rings is 1. The molecule has 0 aliphatic heterocycles. The number of hydrogen-bond donors (Lipinski definition) is 1. The molecule has 0 unspecified atom stereocenters. The van der Waals surface area contributed by atoms with Gasteiger partial charge in [0, 0.05) is 10.6 Å². The zero-order chi connectivity index (χ0) is 11.5. The van der Waals surface area contributed by atoms with Gasteiger partial charge < -0.3 is 10.5 Å². The molecule has 0 bridgehead atoms. The van der Waals surface area contributed by atoms with Crippen molar-refractivity contribution < 1.29 is 4.74 Å².